The molecule has 1 rings (SSSR count). The summed E-state index contributed by atoms with van der Waals surface area (Å²) in [5.41, 5.74) is 6.18. The molecule has 0 aromatic heterocycles. The summed E-state index contributed by atoms with van der Waals surface area (Å²) in [6, 6.07) is 0. The van der Waals surface area contributed by atoms with E-state index in [4.69, 9.17) is 5.73 Å². The minimum Gasteiger partial charge on any atom is -0.412 e. The zero-order valence-corrected chi connectivity index (χ0v) is 9.08. The number of hydrogen-bond donors (Lipinski definition) is 1. The Kier molecular flexibility index (Phi) is 6.20. The molecule has 0 amide bonds. The van der Waals surface area contributed by atoms with Crippen LogP contribution in [0.3, 0.4) is 0 Å². The zero-order chi connectivity index (χ0) is 7.78. The van der Waals surface area contributed by atoms with Crippen molar-refractivity contribution in [3.05, 3.63) is 0 Å². The van der Waals surface area contributed by atoms with Gasteiger partial charge in [0.1, 0.15) is 0 Å². The van der Waals surface area contributed by atoms with Crippen molar-refractivity contribution < 1.29 is 5.48 Å². The fourth-order valence-corrected chi connectivity index (χ4v) is 2.53. The highest BCUT2D eigenvalue weighted by Gasteiger charge is 2.29. The molecule has 0 spiro atoms. The lowest BCUT2D eigenvalue weighted by Crippen LogP contribution is -2.43. The quantitative estimate of drug-likeness (QED) is 0.629. The summed E-state index contributed by atoms with van der Waals surface area (Å²) in [5, 5.41) is 0. The number of rotatable bonds is 0. The van der Waals surface area contributed by atoms with Gasteiger partial charge in [-0.2, -0.15) is 0 Å². The SMILES string of the molecule is CC1CC(C)CC(C)(N)C1.Cl.O. The Morgan fingerprint density at radius 2 is 1.50 bits per heavy atom. The highest BCUT2D eigenvalue weighted by atomic mass is 35.5. The molecule has 4 N–H and O–H groups in total. The molecule has 0 aromatic rings. The Labute approximate surface area is 81.6 Å². The molecule has 0 saturated heterocycles. The third-order valence-corrected chi connectivity index (χ3v) is 2.43. The second kappa shape index (κ2) is 5.05. The fourth-order valence-electron chi connectivity index (χ4n) is 2.53. The van der Waals surface area contributed by atoms with Gasteiger partial charge >= 0.3 is 0 Å². The zero-order valence-electron chi connectivity index (χ0n) is 8.26. The Bertz CT molecular complexity index is 116. The molecule has 2 unspecified atom stereocenters. The molecule has 1 saturated carbocycles. The van der Waals surface area contributed by atoms with Crippen LogP contribution < -0.4 is 5.73 Å². The van der Waals surface area contributed by atoms with Gasteiger partial charge in [-0.1, -0.05) is 13.8 Å². The van der Waals surface area contributed by atoms with Crippen molar-refractivity contribution in [1.82, 2.24) is 0 Å². The van der Waals surface area contributed by atoms with Crippen LogP contribution in [0.4, 0.5) is 0 Å². The second-order valence-corrected chi connectivity index (χ2v) is 4.51. The van der Waals surface area contributed by atoms with Crippen molar-refractivity contribution in [3.8, 4) is 0 Å². The van der Waals surface area contributed by atoms with E-state index in [1.807, 2.05) is 0 Å². The molecule has 0 bridgehead atoms. The Morgan fingerprint density at radius 3 is 1.75 bits per heavy atom. The summed E-state index contributed by atoms with van der Waals surface area (Å²) in [6.07, 6.45) is 3.78. The Morgan fingerprint density at radius 1 is 1.17 bits per heavy atom. The van der Waals surface area contributed by atoms with E-state index in [0.717, 1.165) is 11.8 Å². The van der Waals surface area contributed by atoms with Crippen LogP contribution in [0.5, 0.6) is 0 Å². The minimum absolute atomic E-state index is 0. The molecule has 0 aliphatic heterocycles. The summed E-state index contributed by atoms with van der Waals surface area (Å²) >= 11 is 0. The molecule has 2 atom stereocenters. The molecule has 2 nitrogen and oxygen atoms in total. The van der Waals surface area contributed by atoms with Gasteiger partial charge in [0.15, 0.2) is 0 Å². The third-order valence-electron chi connectivity index (χ3n) is 2.43. The first-order valence-electron chi connectivity index (χ1n) is 4.28. The van der Waals surface area contributed by atoms with Gasteiger partial charge in [-0.15, -0.1) is 12.4 Å². The lowest BCUT2D eigenvalue weighted by molar-refractivity contribution is 0.198. The highest BCUT2D eigenvalue weighted by Crippen LogP contribution is 2.33. The van der Waals surface area contributed by atoms with Crippen LogP contribution in [-0.4, -0.2) is 11.0 Å². The molecule has 0 radical (unpaired) electrons. The van der Waals surface area contributed by atoms with E-state index in [1.165, 1.54) is 19.3 Å². The molecule has 12 heavy (non-hydrogen) atoms. The first kappa shape index (κ1) is 14.7. The van der Waals surface area contributed by atoms with Crippen LogP contribution in [0.1, 0.15) is 40.0 Å². The monoisotopic (exact) mass is 195 g/mol. The lowest BCUT2D eigenvalue weighted by Gasteiger charge is -2.37. The number of halogens is 1. The smallest absolute Gasteiger partial charge is 0.0131 e. The third kappa shape index (κ3) is 4.29. The van der Waals surface area contributed by atoms with Crippen LogP contribution in [0.2, 0.25) is 0 Å². The average Bonchev–Trinajstić information content (AvgIpc) is 1.54. The summed E-state index contributed by atoms with van der Waals surface area (Å²) in [5.74, 6) is 1.66. The number of hydrogen-bond acceptors (Lipinski definition) is 1. The van der Waals surface area contributed by atoms with Gasteiger partial charge in [-0.05, 0) is 38.0 Å². The van der Waals surface area contributed by atoms with E-state index in [2.05, 4.69) is 20.8 Å². The van der Waals surface area contributed by atoms with E-state index in [9.17, 15) is 0 Å². The maximum absolute atomic E-state index is 6.06. The molecule has 0 heterocycles. The van der Waals surface area contributed by atoms with Gasteiger partial charge in [0.25, 0.3) is 0 Å². The highest BCUT2D eigenvalue weighted by molar-refractivity contribution is 5.85. The summed E-state index contributed by atoms with van der Waals surface area (Å²) in [7, 11) is 0. The van der Waals surface area contributed by atoms with Gasteiger partial charge < -0.3 is 11.2 Å². The van der Waals surface area contributed by atoms with Crippen molar-refractivity contribution in [1.29, 1.82) is 0 Å². The summed E-state index contributed by atoms with van der Waals surface area (Å²) < 4.78 is 0. The van der Waals surface area contributed by atoms with Crippen molar-refractivity contribution in [2.75, 3.05) is 0 Å². The topological polar surface area (TPSA) is 57.5 Å². The predicted octanol–water partition coefficient (Wildman–Crippen LogP) is 1.76. The van der Waals surface area contributed by atoms with Gasteiger partial charge in [0.05, 0.1) is 0 Å². The van der Waals surface area contributed by atoms with Crippen LogP contribution in [-0.2, 0) is 0 Å². The minimum atomic E-state index is 0. The summed E-state index contributed by atoms with van der Waals surface area (Å²) in [4.78, 5) is 0. The van der Waals surface area contributed by atoms with Gasteiger partial charge in [-0.25, -0.2) is 0 Å². The van der Waals surface area contributed by atoms with Gasteiger partial charge in [-0.3, -0.25) is 0 Å². The molecule has 1 aliphatic carbocycles. The van der Waals surface area contributed by atoms with E-state index in [-0.39, 0.29) is 23.4 Å². The van der Waals surface area contributed by atoms with Gasteiger partial charge in [0, 0.05) is 5.54 Å². The van der Waals surface area contributed by atoms with Crippen molar-refractivity contribution in [3.63, 3.8) is 0 Å². The van der Waals surface area contributed by atoms with Crippen molar-refractivity contribution in [2.24, 2.45) is 17.6 Å². The van der Waals surface area contributed by atoms with Crippen molar-refractivity contribution >= 4 is 12.4 Å². The molecule has 1 aliphatic rings. The largest absolute Gasteiger partial charge is 0.412 e. The molecular weight excluding hydrogens is 174 g/mol. The molecule has 76 valence electrons. The van der Waals surface area contributed by atoms with E-state index in [1.54, 1.807) is 0 Å². The van der Waals surface area contributed by atoms with Gasteiger partial charge in [0.2, 0.25) is 0 Å². The van der Waals surface area contributed by atoms with Crippen LogP contribution in [0, 0.1) is 11.8 Å². The molecule has 1 fully saturated rings. The standard InChI is InChI=1S/C9H19N.ClH.H2O/c1-7-4-8(2)6-9(3,10)5-7;;/h7-8H,4-6,10H2,1-3H3;1H;1H2. The van der Waals surface area contributed by atoms with E-state index >= 15 is 0 Å². The maximum Gasteiger partial charge on any atom is 0.0131 e. The Hall–Kier alpha value is 0.210. The normalized spacial score (nSPS) is 41.0. The average molecular weight is 196 g/mol. The second-order valence-electron chi connectivity index (χ2n) is 4.51. The molecule has 0 aromatic carbocycles. The fraction of sp³-hybridized carbons (Fsp3) is 1.00. The predicted molar refractivity (Wildman–Crippen MR) is 55.6 cm³/mol. The first-order chi connectivity index (χ1) is 4.49. The van der Waals surface area contributed by atoms with Crippen LogP contribution in [0.15, 0.2) is 0 Å². The van der Waals surface area contributed by atoms with E-state index < -0.39 is 0 Å². The molecular formula is C9H22ClNO. The molecule has 3 heteroatoms. The first-order valence-corrected chi connectivity index (χ1v) is 4.28. The lowest BCUT2D eigenvalue weighted by atomic mass is 9.73. The van der Waals surface area contributed by atoms with E-state index in [0.29, 0.717) is 0 Å². The van der Waals surface area contributed by atoms with Crippen LogP contribution in [0.25, 0.3) is 0 Å². The summed E-state index contributed by atoms with van der Waals surface area (Å²) in [6.45, 7) is 6.79. The van der Waals surface area contributed by atoms with Crippen LogP contribution >= 0.6 is 12.4 Å². The van der Waals surface area contributed by atoms with Crippen molar-refractivity contribution in [2.45, 2.75) is 45.6 Å². The Balaban J connectivity index is 0. The maximum atomic E-state index is 6.06. The number of nitrogens with two attached hydrogens (primary N) is 1.